The summed E-state index contributed by atoms with van der Waals surface area (Å²) in [5, 5.41) is 13.0. The Labute approximate surface area is 91.5 Å². The largest absolute Gasteiger partial charge is 0.391 e. The van der Waals surface area contributed by atoms with Gasteiger partial charge in [-0.25, -0.2) is 0 Å². The number of rotatable bonds is 6. The first kappa shape index (κ1) is 11.1. The number of nitrogens with one attached hydrogen (secondary N) is 1. The van der Waals surface area contributed by atoms with E-state index >= 15 is 0 Å². The topological polar surface area (TPSA) is 41.5 Å². The van der Waals surface area contributed by atoms with Crippen LogP contribution in [0.15, 0.2) is 12.2 Å². The first-order chi connectivity index (χ1) is 7.31. The molecule has 0 saturated heterocycles. The average molecular weight is 211 g/mol. The van der Waals surface area contributed by atoms with E-state index in [1.165, 1.54) is 12.8 Å². The van der Waals surface area contributed by atoms with E-state index in [-0.39, 0.29) is 6.10 Å². The molecule has 0 amide bonds. The molecule has 3 heteroatoms. The van der Waals surface area contributed by atoms with Crippen molar-refractivity contribution in [2.24, 2.45) is 11.8 Å². The third-order valence-electron chi connectivity index (χ3n) is 3.61. The van der Waals surface area contributed by atoms with E-state index in [2.05, 4.69) is 17.5 Å². The van der Waals surface area contributed by atoms with Gasteiger partial charge < -0.3 is 15.2 Å². The van der Waals surface area contributed by atoms with Crippen molar-refractivity contribution in [2.45, 2.75) is 31.4 Å². The first-order valence-electron chi connectivity index (χ1n) is 5.88. The summed E-state index contributed by atoms with van der Waals surface area (Å²) < 4.78 is 4.88. The zero-order chi connectivity index (χ0) is 10.7. The molecule has 3 nitrogen and oxygen atoms in total. The van der Waals surface area contributed by atoms with Crippen molar-refractivity contribution in [3.8, 4) is 0 Å². The standard InChI is InChI=1S/C12H21NO2/c1-15-8-10(14)5-6-13-12-7-9-3-2-4-11(9)12/h2,4,9-14H,3,5-8H2,1H3. The van der Waals surface area contributed by atoms with E-state index in [9.17, 15) is 5.11 Å². The molecule has 0 aromatic heterocycles. The minimum Gasteiger partial charge on any atom is -0.391 e. The summed E-state index contributed by atoms with van der Waals surface area (Å²) in [7, 11) is 1.62. The minimum atomic E-state index is -0.322. The Kier molecular flexibility index (Phi) is 3.78. The Morgan fingerprint density at radius 2 is 2.47 bits per heavy atom. The van der Waals surface area contributed by atoms with Crippen LogP contribution in [0.25, 0.3) is 0 Å². The lowest BCUT2D eigenvalue weighted by atomic mass is 9.71. The summed E-state index contributed by atoms with van der Waals surface area (Å²) >= 11 is 0. The molecule has 86 valence electrons. The molecule has 0 bridgehead atoms. The summed E-state index contributed by atoms with van der Waals surface area (Å²) in [6, 6.07) is 0.656. The molecule has 1 saturated carbocycles. The summed E-state index contributed by atoms with van der Waals surface area (Å²) in [4.78, 5) is 0. The van der Waals surface area contributed by atoms with Gasteiger partial charge in [-0.3, -0.25) is 0 Å². The van der Waals surface area contributed by atoms with Crippen LogP contribution in [0.5, 0.6) is 0 Å². The number of fused-ring (bicyclic) bond motifs is 1. The molecule has 0 aliphatic heterocycles. The molecule has 2 aliphatic carbocycles. The molecule has 0 radical (unpaired) electrons. The average Bonchev–Trinajstić information content (AvgIpc) is 2.55. The lowest BCUT2D eigenvalue weighted by molar-refractivity contribution is 0.0564. The molecule has 2 aliphatic rings. The molecule has 2 rings (SSSR count). The van der Waals surface area contributed by atoms with Gasteiger partial charge in [0.05, 0.1) is 12.7 Å². The Hall–Kier alpha value is -0.380. The van der Waals surface area contributed by atoms with Crippen molar-refractivity contribution in [1.82, 2.24) is 5.32 Å². The fourth-order valence-electron chi connectivity index (χ4n) is 2.66. The number of hydrogen-bond acceptors (Lipinski definition) is 3. The smallest absolute Gasteiger partial charge is 0.0785 e. The van der Waals surface area contributed by atoms with Crippen molar-refractivity contribution in [1.29, 1.82) is 0 Å². The highest BCUT2D eigenvalue weighted by atomic mass is 16.5. The third kappa shape index (κ3) is 2.60. The minimum absolute atomic E-state index is 0.322. The second-order valence-electron chi connectivity index (χ2n) is 4.70. The van der Waals surface area contributed by atoms with Crippen LogP contribution in [-0.2, 0) is 4.74 Å². The lowest BCUT2D eigenvalue weighted by Gasteiger charge is -2.41. The van der Waals surface area contributed by atoms with Crippen LogP contribution in [0, 0.1) is 11.8 Å². The molecular weight excluding hydrogens is 190 g/mol. The van der Waals surface area contributed by atoms with Crippen LogP contribution >= 0.6 is 0 Å². The zero-order valence-electron chi connectivity index (χ0n) is 9.36. The Balaban J connectivity index is 1.57. The second-order valence-corrected chi connectivity index (χ2v) is 4.70. The molecule has 4 atom stereocenters. The zero-order valence-corrected chi connectivity index (χ0v) is 9.36. The molecule has 1 fully saturated rings. The Morgan fingerprint density at radius 3 is 3.20 bits per heavy atom. The highest BCUT2D eigenvalue weighted by Gasteiger charge is 2.40. The normalized spacial score (nSPS) is 34.9. The lowest BCUT2D eigenvalue weighted by Crippen LogP contribution is -2.48. The van der Waals surface area contributed by atoms with Gasteiger partial charge in [0, 0.05) is 13.2 Å². The molecule has 0 aromatic carbocycles. The molecule has 0 heterocycles. The fraction of sp³-hybridized carbons (Fsp3) is 0.833. The van der Waals surface area contributed by atoms with Crippen molar-refractivity contribution in [3.63, 3.8) is 0 Å². The van der Waals surface area contributed by atoms with E-state index in [1.54, 1.807) is 7.11 Å². The van der Waals surface area contributed by atoms with Gasteiger partial charge in [0.25, 0.3) is 0 Å². The number of aliphatic hydroxyl groups excluding tert-OH is 1. The number of methoxy groups -OCH3 is 1. The van der Waals surface area contributed by atoms with Crippen LogP contribution < -0.4 is 5.32 Å². The van der Waals surface area contributed by atoms with Gasteiger partial charge >= 0.3 is 0 Å². The van der Waals surface area contributed by atoms with Gasteiger partial charge in [-0.15, -0.1) is 0 Å². The maximum atomic E-state index is 9.46. The highest BCUT2D eigenvalue weighted by molar-refractivity contribution is 5.12. The van der Waals surface area contributed by atoms with Crippen molar-refractivity contribution in [2.75, 3.05) is 20.3 Å². The van der Waals surface area contributed by atoms with Gasteiger partial charge in [0.15, 0.2) is 0 Å². The summed E-state index contributed by atoms with van der Waals surface area (Å²) in [5.74, 6) is 1.68. The maximum Gasteiger partial charge on any atom is 0.0785 e. The van der Waals surface area contributed by atoms with Crippen LogP contribution in [0.4, 0.5) is 0 Å². The number of hydrogen-bond donors (Lipinski definition) is 2. The van der Waals surface area contributed by atoms with E-state index < -0.39 is 0 Å². The van der Waals surface area contributed by atoms with Crippen molar-refractivity contribution < 1.29 is 9.84 Å². The number of ether oxygens (including phenoxy) is 1. The third-order valence-corrected chi connectivity index (χ3v) is 3.61. The summed E-state index contributed by atoms with van der Waals surface area (Å²) in [6.45, 7) is 1.34. The first-order valence-corrected chi connectivity index (χ1v) is 5.88. The summed E-state index contributed by atoms with van der Waals surface area (Å²) in [6.07, 6.45) is 7.69. The summed E-state index contributed by atoms with van der Waals surface area (Å²) in [5.41, 5.74) is 0. The molecule has 0 aromatic rings. The number of aliphatic hydroxyl groups is 1. The number of allylic oxidation sites excluding steroid dienone is 1. The maximum absolute atomic E-state index is 9.46. The quantitative estimate of drug-likeness (QED) is 0.642. The van der Waals surface area contributed by atoms with E-state index in [0.29, 0.717) is 12.6 Å². The molecule has 0 spiro atoms. The van der Waals surface area contributed by atoms with Gasteiger partial charge in [0.1, 0.15) is 0 Å². The second kappa shape index (κ2) is 5.10. The van der Waals surface area contributed by atoms with Crippen molar-refractivity contribution >= 4 is 0 Å². The Morgan fingerprint density at radius 1 is 1.60 bits per heavy atom. The predicted molar refractivity (Wildman–Crippen MR) is 59.6 cm³/mol. The SMILES string of the molecule is COCC(O)CCNC1CC2CC=CC21. The van der Waals surface area contributed by atoms with Gasteiger partial charge in [-0.05, 0) is 37.6 Å². The molecule has 4 unspecified atom stereocenters. The van der Waals surface area contributed by atoms with Gasteiger partial charge in [-0.1, -0.05) is 12.2 Å². The van der Waals surface area contributed by atoms with Crippen LogP contribution in [-0.4, -0.2) is 37.5 Å². The van der Waals surface area contributed by atoms with Crippen LogP contribution in [0.3, 0.4) is 0 Å². The van der Waals surface area contributed by atoms with Gasteiger partial charge in [-0.2, -0.15) is 0 Å². The van der Waals surface area contributed by atoms with E-state index in [1.807, 2.05) is 0 Å². The predicted octanol–water partition coefficient (Wildman–Crippen LogP) is 0.938. The molecule has 15 heavy (non-hydrogen) atoms. The van der Waals surface area contributed by atoms with Gasteiger partial charge in [0.2, 0.25) is 0 Å². The molecular formula is C12H21NO2. The monoisotopic (exact) mass is 211 g/mol. The van der Waals surface area contributed by atoms with Crippen LogP contribution in [0.1, 0.15) is 19.3 Å². The van der Waals surface area contributed by atoms with Crippen molar-refractivity contribution in [3.05, 3.63) is 12.2 Å². The van der Waals surface area contributed by atoms with E-state index in [0.717, 1.165) is 24.8 Å². The molecule has 2 N–H and O–H groups in total. The Bertz CT molecular complexity index is 230. The van der Waals surface area contributed by atoms with E-state index in [4.69, 9.17) is 4.74 Å². The van der Waals surface area contributed by atoms with Crippen LogP contribution in [0.2, 0.25) is 0 Å². The highest BCUT2D eigenvalue weighted by Crippen LogP contribution is 2.42. The fourth-order valence-corrected chi connectivity index (χ4v) is 2.66.